The number of aromatic nitrogens is 6. The molecule has 3 aromatic heterocycles. The van der Waals surface area contributed by atoms with E-state index in [-0.39, 0.29) is 46.0 Å². The molecular formula is C24H25FN8O4S. The topological polar surface area (TPSA) is 172 Å². The van der Waals surface area contributed by atoms with Crippen LogP contribution in [0.1, 0.15) is 53.5 Å². The van der Waals surface area contributed by atoms with E-state index in [0.29, 0.717) is 35.3 Å². The van der Waals surface area contributed by atoms with Crippen LogP contribution < -0.4 is 5.73 Å². The van der Waals surface area contributed by atoms with Gasteiger partial charge in [-0.05, 0) is 37.3 Å². The molecular weight excluding hydrogens is 515 g/mol. The molecule has 4 aromatic rings. The number of rotatable bonds is 5. The van der Waals surface area contributed by atoms with Crippen molar-refractivity contribution in [1.29, 1.82) is 0 Å². The predicted molar refractivity (Wildman–Crippen MR) is 133 cm³/mol. The van der Waals surface area contributed by atoms with Gasteiger partial charge in [0, 0.05) is 35.4 Å². The summed E-state index contributed by atoms with van der Waals surface area (Å²) in [5.74, 6) is -0.987. The number of halogens is 1. The Hall–Kier alpha value is -3.91. The molecule has 2 fully saturated rings. The van der Waals surface area contributed by atoms with E-state index in [1.807, 2.05) is 4.90 Å². The van der Waals surface area contributed by atoms with Crippen LogP contribution in [0.3, 0.4) is 0 Å². The third-order valence-corrected chi connectivity index (χ3v) is 8.70. The molecule has 0 spiro atoms. The van der Waals surface area contributed by atoms with Crippen molar-refractivity contribution in [2.45, 2.75) is 55.2 Å². The summed E-state index contributed by atoms with van der Waals surface area (Å²) < 4.78 is 41.6. The largest absolute Gasteiger partial charge is 0.392 e. The minimum Gasteiger partial charge on any atom is -0.392 e. The number of nitrogens with two attached hydrogens (primary N) is 1. The molecule has 1 aromatic carbocycles. The molecule has 0 aliphatic carbocycles. The van der Waals surface area contributed by atoms with Gasteiger partial charge in [-0.3, -0.25) is 9.89 Å². The second-order valence-corrected chi connectivity index (χ2v) is 11.8. The van der Waals surface area contributed by atoms with Crippen molar-refractivity contribution in [3.8, 4) is 11.1 Å². The molecule has 12 nitrogen and oxygen atoms in total. The average molecular weight is 541 g/mol. The third-order valence-electron chi connectivity index (χ3n) is 7.54. The van der Waals surface area contributed by atoms with Crippen LogP contribution in [0, 0.1) is 5.82 Å². The van der Waals surface area contributed by atoms with Crippen LogP contribution in [0.5, 0.6) is 0 Å². The Bertz CT molecular complexity index is 1660. The van der Waals surface area contributed by atoms with Crippen molar-refractivity contribution < 1.29 is 22.7 Å². The second kappa shape index (κ2) is 8.84. The van der Waals surface area contributed by atoms with Crippen LogP contribution in [0.4, 0.5) is 10.2 Å². The monoisotopic (exact) mass is 540 g/mol. The number of amides is 1. The zero-order valence-electron chi connectivity index (χ0n) is 20.4. The third kappa shape index (κ3) is 3.82. The van der Waals surface area contributed by atoms with Crippen LogP contribution in [0.15, 0.2) is 35.6 Å². The summed E-state index contributed by atoms with van der Waals surface area (Å²) in [5.41, 5.74) is 8.12. The number of H-pyrrole nitrogens is 1. The van der Waals surface area contributed by atoms with Crippen molar-refractivity contribution in [3.05, 3.63) is 53.6 Å². The van der Waals surface area contributed by atoms with Gasteiger partial charge in [-0.25, -0.2) is 22.8 Å². The summed E-state index contributed by atoms with van der Waals surface area (Å²) in [6.45, 7) is -0.437. The van der Waals surface area contributed by atoms with Gasteiger partial charge >= 0.3 is 0 Å². The zero-order valence-corrected chi connectivity index (χ0v) is 21.2. The number of fused-ring (bicyclic) bond motifs is 3. The summed E-state index contributed by atoms with van der Waals surface area (Å²) in [7, 11) is -3.80. The number of nitrogen functional groups attached to an aromatic ring is 1. The van der Waals surface area contributed by atoms with Crippen molar-refractivity contribution >= 4 is 27.2 Å². The van der Waals surface area contributed by atoms with Crippen LogP contribution in [0.25, 0.3) is 16.8 Å². The van der Waals surface area contributed by atoms with Gasteiger partial charge in [0.05, 0.1) is 18.5 Å². The summed E-state index contributed by atoms with van der Waals surface area (Å²) in [6.07, 6.45) is 6.40. The molecule has 1 unspecified atom stereocenters. The SMILES string of the molecule is CS(=O)(=O)c1c(C2C[C@H]3CC[C@@H](C2)N3C(=O)c2ncn[nH]2)nc2c(-c3ccc(CO)c(F)c3)cnn2c1N. The van der Waals surface area contributed by atoms with Gasteiger partial charge in [0.2, 0.25) is 5.82 Å². The van der Waals surface area contributed by atoms with Crippen molar-refractivity contribution in [3.63, 3.8) is 0 Å². The number of hydrogen-bond acceptors (Lipinski definition) is 9. The van der Waals surface area contributed by atoms with Crippen molar-refractivity contribution in [2.75, 3.05) is 12.0 Å². The number of carbonyl (C=O) groups excluding carboxylic acids is 1. The Kier molecular flexibility index (Phi) is 5.68. The molecule has 4 N–H and O–H groups in total. The lowest BCUT2D eigenvalue weighted by Gasteiger charge is -2.38. The number of nitrogens with one attached hydrogen (secondary N) is 1. The van der Waals surface area contributed by atoms with Gasteiger partial charge in [-0.2, -0.15) is 14.7 Å². The van der Waals surface area contributed by atoms with E-state index in [4.69, 9.17) is 10.7 Å². The molecule has 6 rings (SSSR count). The number of carbonyl (C=O) groups is 1. The average Bonchev–Trinajstić information content (AvgIpc) is 3.61. The number of hydrogen-bond donors (Lipinski definition) is 3. The fourth-order valence-corrected chi connectivity index (χ4v) is 6.94. The molecule has 198 valence electrons. The Morgan fingerprint density at radius 2 is 2.00 bits per heavy atom. The van der Waals surface area contributed by atoms with Crippen LogP contribution in [0.2, 0.25) is 0 Å². The van der Waals surface area contributed by atoms with Gasteiger partial charge in [-0.15, -0.1) is 0 Å². The van der Waals surface area contributed by atoms with Gasteiger partial charge in [0.1, 0.15) is 22.9 Å². The second-order valence-electron chi connectivity index (χ2n) is 9.84. The number of aliphatic hydroxyl groups excluding tert-OH is 1. The maximum atomic E-state index is 14.5. The number of sulfone groups is 1. The number of aliphatic hydroxyl groups is 1. The first-order valence-electron chi connectivity index (χ1n) is 12.1. The molecule has 38 heavy (non-hydrogen) atoms. The molecule has 0 radical (unpaired) electrons. The lowest BCUT2D eigenvalue weighted by atomic mass is 9.87. The number of aromatic amines is 1. The van der Waals surface area contributed by atoms with Crippen LogP contribution >= 0.6 is 0 Å². The highest BCUT2D eigenvalue weighted by molar-refractivity contribution is 7.91. The predicted octanol–water partition coefficient (Wildman–Crippen LogP) is 1.68. The highest BCUT2D eigenvalue weighted by Gasteiger charge is 2.46. The van der Waals surface area contributed by atoms with E-state index in [2.05, 4.69) is 20.3 Å². The van der Waals surface area contributed by atoms with Crippen LogP contribution in [-0.2, 0) is 16.4 Å². The summed E-state index contributed by atoms with van der Waals surface area (Å²) in [5, 5.41) is 20.0. The van der Waals surface area contributed by atoms with E-state index in [1.54, 1.807) is 6.07 Å². The molecule has 0 saturated carbocycles. The summed E-state index contributed by atoms with van der Waals surface area (Å²) in [4.78, 5) is 23.6. The fourth-order valence-electron chi connectivity index (χ4n) is 5.88. The molecule has 3 atom stereocenters. The number of anilines is 1. The standard InChI is InChI=1S/C24H25FN8O4S/c1-38(36,37)20-19(14-6-15-4-5-16(7-14)32(15)24(35)22-27-11-28-31-22)30-23-17(9-29-33(23)21(20)26)12-2-3-13(10-34)18(25)8-12/h2-3,8-9,11,14-16,34H,4-7,10,26H2,1H3,(H,27,28,31)/t14?,15-,16+. The summed E-state index contributed by atoms with van der Waals surface area (Å²) in [6, 6.07) is 4.15. The van der Waals surface area contributed by atoms with Crippen LogP contribution in [-0.4, -0.2) is 72.5 Å². The molecule has 2 bridgehead atoms. The Morgan fingerprint density at radius 1 is 1.26 bits per heavy atom. The Labute approximate surface area is 216 Å². The van der Waals surface area contributed by atoms with E-state index in [1.165, 1.54) is 29.2 Å². The molecule has 14 heteroatoms. The summed E-state index contributed by atoms with van der Waals surface area (Å²) >= 11 is 0. The molecule has 5 heterocycles. The first-order valence-corrected chi connectivity index (χ1v) is 14.0. The first kappa shape index (κ1) is 24.4. The minimum absolute atomic E-state index is 0.0706. The smallest absolute Gasteiger partial charge is 0.291 e. The van der Waals surface area contributed by atoms with Gasteiger partial charge in [0.15, 0.2) is 15.5 Å². The van der Waals surface area contributed by atoms with E-state index in [9.17, 15) is 22.7 Å². The zero-order chi connectivity index (χ0) is 26.8. The number of nitrogens with zero attached hydrogens (tertiary/aromatic N) is 6. The minimum atomic E-state index is -3.80. The normalized spacial score (nSPS) is 21.3. The van der Waals surface area contributed by atoms with Gasteiger partial charge in [-0.1, -0.05) is 12.1 Å². The first-order chi connectivity index (χ1) is 18.2. The van der Waals surface area contributed by atoms with Crippen molar-refractivity contribution in [1.82, 2.24) is 34.7 Å². The Morgan fingerprint density at radius 3 is 2.61 bits per heavy atom. The molecule has 2 saturated heterocycles. The molecule has 1 amide bonds. The van der Waals surface area contributed by atoms with Gasteiger partial charge < -0.3 is 15.7 Å². The maximum absolute atomic E-state index is 14.5. The number of benzene rings is 1. The maximum Gasteiger partial charge on any atom is 0.291 e. The highest BCUT2D eigenvalue weighted by atomic mass is 32.2. The van der Waals surface area contributed by atoms with Crippen molar-refractivity contribution in [2.24, 2.45) is 0 Å². The Balaban J connectivity index is 1.44. The fraction of sp³-hybridized carbons (Fsp3) is 0.375. The quantitative estimate of drug-likeness (QED) is 0.340. The van der Waals surface area contributed by atoms with Gasteiger partial charge in [0.25, 0.3) is 5.91 Å². The lowest BCUT2D eigenvalue weighted by molar-refractivity contribution is 0.0556. The lowest BCUT2D eigenvalue weighted by Crippen LogP contribution is -2.46. The highest BCUT2D eigenvalue weighted by Crippen LogP contribution is 2.45. The molecule has 2 aliphatic rings. The van der Waals surface area contributed by atoms with E-state index < -0.39 is 22.3 Å². The number of piperidine rings is 1. The van der Waals surface area contributed by atoms with E-state index >= 15 is 0 Å². The van der Waals surface area contributed by atoms with E-state index in [0.717, 1.165) is 19.1 Å². The molecule has 2 aliphatic heterocycles.